The number of carbonyl (C=O) groups is 1. The molecule has 3 heterocycles. The molecule has 0 saturated heterocycles. The largest absolute Gasteiger partial charge is 0.481 e. The van der Waals surface area contributed by atoms with E-state index in [2.05, 4.69) is 9.98 Å². The molecule has 29 heavy (non-hydrogen) atoms. The van der Waals surface area contributed by atoms with Crippen molar-refractivity contribution >= 4 is 62.7 Å². The minimum atomic E-state index is -0.875. The fourth-order valence-electron chi connectivity index (χ4n) is 3.03. The van der Waals surface area contributed by atoms with E-state index < -0.39 is 5.97 Å². The SMILES string of the molecule is CN(COSc1cccs1)c1cccc2c(F)c(C3=NCC(CC(=O)O)S3)[nH]c12. The first-order chi connectivity index (χ1) is 14.0. The summed E-state index contributed by atoms with van der Waals surface area (Å²) in [7, 11) is 1.88. The van der Waals surface area contributed by atoms with Crippen LogP contribution in [-0.4, -0.2) is 46.7 Å². The van der Waals surface area contributed by atoms with Gasteiger partial charge in [-0.3, -0.25) is 14.0 Å². The molecule has 1 aliphatic heterocycles. The van der Waals surface area contributed by atoms with Crippen LogP contribution < -0.4 is 4.90 Å². The first kappa shape index (κ1) is 20.3. The van der Waals surface area contributed by atoms with E-state index in [1.54, 1.807) is 23.5 Å². The van der Waals surface area contributed by atoms with Gasteiger partial charge in [-0.2, -0.15) is 0 Å². The van der Waals surface area contributed by atoms with Crippen molar-refractivity contribution in [2.75, 3.05) is 25.2 Å². The van der Waals surface area contributed by atoms with Gasteiger partial charge in [-0.15, -0.1) is 11.3 Å². The van der Waals surface area contributed by atoms with Crippen LogP contribution in [0.2, 0.25) is 0 Å². The number of rotatable bonds is 8. The maximum atomic E-state index is 15.1. The van der Waals surface area contributed by atoms with Gasteiger partial charge < -0.3 is 15.0 Å². The number of hydrogen-bond acceptors (Lipinski definition) is 7. The number of thiophene rings is 1. The molecule has 3 aromatic rings. The highest BCUT2D eigenvalue weighted by atomic mass is 32.2. The average molecular weight is 452 g/mol. The second-order valence-corrected chi connectivity index (χ2v) is 9.79. The highest BCUT2D eigenvalue weighted by Gasteiger charge is 2.27. The maximum absolute atomic E-state index is 15.1. The van der Waals surface area contributed by atoms with Crippen LogP contribution in [-0.2, 0) is 8.98 Å². The second-order valence-electron chi connectivity index (χ2n) is 6.46. The Bertz CT molecular complexity index is 1050. The van der Waals surface area contributed by atoms with Gasteiger partial charge in [0.05, 0.1) is 28.4 Å². The number of para-hydroxylation sites is 1. The van der Waals surface area contributed by atoms with Gasteiger partial charge in [0.2, 0.25) is 0 Å². The van der Waals surface area contributed by atoms with Crippen LogP contribution in [0.4, 0.5) is 10.1 Å². The minimum Gasteiger partial charge on any atom is -0.481 e. The van der Waals surface area contributed by atoms with Gasteiger partial charge in [-0.1, -0.05) is 23.9 Å². The predicted molar refractivity (Wildman–Crippen MR) is 118 cm³/mol. The summed E-state index contributed by atoms with van der Waals surface area (Å²) in [5, 5.41) is 11.8. The zero-order chi connectivity index (χ0) is 20.4. The summed E-state index contributed by atoms with van der Waals surface area (Å²) in [6.45, 7) is 0.704. The molecule has 0 radical (unpaired) electrons. The summed E-state index contributed by atoms with van der Waals surface area (Å²) < 4.78 is 21.8. The van der Waals surface area contributed by atoms with Crippen molar-refractivity contribution in [3.63, 3.8) is 0 Å². The molecule has 0 aliphatic carbocycles. The molecule has 4 rings (SSSR count). The van der Waals surface area contributed by atoms with E-state index >= 15 is 4.39 Å². The summed E-state index contributed by atoms with van der Waals surface area (Å²) in [6, 6.07) is 9.38. The molecule has 152 valence electrons. The molecular weight excluding hydrogens is 433 g/mol. The topological polar surface area (TPSA) is 77.9 Å². The summed E-state index contributed by atoms with van der Waals surface area (Å²) in [4.78, 5) is 20.3. The number of aliphatic carboxylic acids is 1. The number of benzene rings is 1. The lowest BCUT2D eigenvalue weighted by Gasteiger charge is -2.19. The Hall–Kier alpha value is -2.01. The molecule has 10 heteroatoms. The van der Waals surface area contributed by atoms with Gasteiger partial charge in [0.1, 0.15) is 17.5 Å². The molecular formula is C19H18FN3O3S3. The van der Waals surface area contributed by atoms with Crippen LogP contribution in [0.3, 0.4) is 0 Å². The van der Waals surface area contributed by atoms with Crippen LogP contribution in [0.15, 0.2) is 44.9 Å². The molecule has 1 aliphatic rings. The molecule has 1 unspecified atom stereocenters. The van der Waals surface area contributed by atoms with Crippen molar-refractivity contribution < 1.29 is 18.5 Å². The van der Waals surface area contributed by atoms with Crippen LogP contribution >= 0.6 is 35.1 Å². The molecule has 6 nitrogen and oxygen atoms in total. The summed E-state index contributed by atoms with van der Waals surface area (Å²) >= 11 is 4.22. The Morgan fingerprint density at radius 3 is 3.07 bits per heavy atom. The zero-order valence-corrected chi connectivity index (χ0v) is 17.9. The quantitative estimate of drug-likeness (QED) is 0.378. The Morgan fingerprint density at radius 2 is 2.31 bits per heavy atom. The molecule has 1 atom stereocenters. The molecule has 2 aromatic heterocycles. The summed E-state index contributed by atoms with van der Waals surface area (Å²) in [5.74, 6) is -1.24. The summed E-state index contributed by atoms with van der Waals surface area (Å²) in [6.07, 6.45) is 0.00669. The number of aromatic nitrogens is 1. The van der Waals surface area contributed by atoms with Crippen LogP contribution in [0.5, 0.6) is 0 Å². The van der Waals surface area contributed by atoms with Crippen molar-refractivity contribution in [2.45, 2.75) is 15.9 Å². The van der Waals surface area contributed by atoms with Crippen molar-refractivity contribution in [1.29, 1.82) is 0 Å². The van der Waals surface area contributed by atoms with Gasteiger partial charge in [0.15, 0.2) is 5.82 Å². The average Bonchev–Trinajstić information content (AvgIpc) is 3.42. The number of nitrogens with one attached hydrogen (secondary N) is 1. The van der Waals surface area contributed by atoms with Crippen molar-refractivity contribution in [3.8, 4) is 0 Å². The van der Waals surface area contributed by atoms with Gasteiger partial charge in [-0.25, -0.2) is 4.39 Å². The first-order valence-corrected chi connectivity index (χ1v) is 11.3. The second kappa shape index (κ2) is 8.78. The molecule has 0 saturated carbocycles. The Kier molecular flexibility index (Phi) is 6.14. The molecule has 0 amide bonds. The smallest absolute Gasteiger partial charge is 0.304 e. The van der Waals surface area contributed by atoms with E-state index in [-0.39, 0.29) is 17.5 Å². The highest BCUT2D eigenvalue weighted by Crippen LogP contribution is 2.34. The van der Waals surface area contributed by atoms with E-state index in [9.17, 15) is 4.79 Å². The third-order valence-electron chi connectivity index (χ3n) is 4.38. The lowest BCUT2D eigenvalue weighted by Crippen LogP contribution is -2.19. The molecule has 2 N–H and O–H groups in total. The van der Waals surface area contributed by atoms with E-state index in [1.807, 2.05) is 35.5 Å². The Balaban J connectivity index is 1.52. The zero-order valence-electron chi connectivity index (χ0n) is 15.4. The van der Waals surface area contributed by atoms with E-state index in [0.29, 0.717) is 34.9 Å². The molecule has 1 aromatic carbocycles. The number of hydrogen-bond donors (Lipinski definition) is 2. The van der Waals surface area contributed by atoms with Gasteiger partial charge in [0, 0.05) is 29.7 Å². The van der Waals surface area contributed by atoms with E-state index in [1.165, 1.54) is 23.8 Å². The maximum Gasteiger partial charge on any atom is 0.304 e. The molecule has 0 fully saturated rings. The molecule has 0 bridgehead atoms. The number of aromatic amines is 1. The number of anilines is 1. The van der Waals surface area contributed by atoms with Crippen molar-refractivity contribution in [2.24, 2.45) is 4.99 Å². The molecule has 0 spiro atoms. The number of carboxylic acids is 1. The fourth-order valence-corrected chi connectivity index (χ4v) is 5.51. The fraction of sp³-hybridized carbons (Fsp3) is 0.263. The number of aliphatic imine (C=N–C) groups is 1. The number of carboxylic acid groups (broad SMARTS) is 1. The predicted octanol–water partition coefficient (Wildman–Crippen LogP) is 4.82. The highest BCUT2D eigenvalue weighted by molar-refractivity contribution is 8.15. The van der Waals surface area contributed by atoms with Crippen molar-refractivity contribution in [3.05, 3.63) is 47.2 Å². The van der Waals surface area contributed by atoms with Crippen LogP contribution in [0, 0.1) is 5.82 Å². The number of nitrogens with zero attached hydrogens (tertiary/aromatic N) is 2. The van der Waals surface area contributed by atoms with Gasteiger partial charge >= 0.3 is 5.97 Å². The van der Waals surface area contributed by atoms with E-state index in [4.69, 9.17) is 9.29 Å². The minimum absolute atomic E-state index is 0.00669. The van der Waals surface area contributed by atoms with Crippen molar-refractivity contribution in [1.82, 2.24) is 4.98 Å². The lowest BCUT2D eigenvalue weighted by molar-refractivity contribution is -0.136. The monoisotopic (exact) mass is 451 g/mol. The number of thioether (sulfide) groups is 1. The Morgan fingerprint density at radius 1 is 1.45 bits per heavy atom. The normalized spacial score (nSPS) is 16.3. The number of halogens is 1. The number of fused-ring (bicyclic) bond motifs is 1. The summed E-state index contributed by atoms with van der Waals surface area (Å²) in [5.41, 5.74) is 1.79. The first-order valence-electron chi connectivity index (χ1n) is 8.80. The van der Waals surface area contributed by atoms with Gasteiger partial charge in [-0.05, 0) is 23.6 Å². The Labute approximate surface area is 179 Å². The van der Waals surface area contributed by atoms with Crippen LogP contribution in [0.25, 0.3) is 10.9 Å². The van der Waals surface area contributed by atoms with Gasteiger partial charge in [0.25, 0.3) is 0 Å². The third kappa shape index (κ3) is 4.45. The lowest BCUT2D eigenvalue weighted by atomic mass is 10.2. The standard InChI is InChI=1S/C19H18FN3O3S3/c1-23(10-26-29-15-6-3-7-27-15)13-5-2-4-12-16(20)18(22-17(12)13)19-21-9-11(28-19)8-14(24)25/h2-7,11,22H,8-10H2,1H3,(H,24,25). The number of H-pyrrole nitrogens is 1. The van der Waals surface area contributed by atoms with E-state index in [0.717, 1.165) is 9.90 Å². The van der Waals surface area contributed by atoms with Crippen LogP contribution in [0.1, 0.15) is 12.1 Å². The third-order valence-corrected chi connectivity index (χ3v) is 7.26.